The Balaban J connectivity index is 0.00000193. The monoisotopic (exact) mass is 525 g/mol. The van der Waals surface area contributed by atoms with Crippen LogP contribution in [0, 0.1) is 10.1 Å². The molecule has 1 aromatic heterocycles. The Morgan fingerprint density at radius 2 is 1.44 bits per heavy atom. The molecule has 0 bridgehead atoms. The summed E-state index contributed by atoms with van der Waals surface area (Å²) >= 11 is 0. The van der Waals surface area contributed by atoms with Crippen molar-refractivity contribution in [3.8, 4) is 0 Å². The molecule has 4 rings (SSSR count). The maximum Gasteiger partial charge on any atom is 0.310 e. The number of nitro groups is 1. The first-order valence-electron chi connectivity index (χ1n) is 10.6. The lowest BCUT2D eigenvalue weighted by molar-refractivity contribution is -0.384. The van der Waals surface area contributed by atoms with Gasteiger partial charge in [-0.15, -0.1) is 37.2 Å². The number of nitrogens with one attached hydrogen (secondary N) is 1. The minimum absolute atomic E-state index is 0. The SMILES string of the molecule is Cl.Cl.Cl.O=[N+]([O-])c1cnccc1NCCN1CCN(C(c2ccccc2)c2ccccc2)CC1. The van der Waals surface area contributed by atoms with Crippen LogP contribution in [0.3, 0.4) is 0 Å². The van der Waals surface area contributed by atoms with Crippen LogP contribution in [-0.4, -0.2) is 59.0 Å². The quantitative estimate of drug-likeness (QED) is 0.326. The fourth-order valence-corrected chi connectivity index (χ4v) is 4.16. The fourth-order valence-electron chi connectivity index (χ4n) is 4.16. The molecule has 2 aromatic carbocycles. The molecule has 0 unspecified atom stereocenters. The molecule has 0 amide bonds. The van der Waals surface area contributed by atoms with Gasteiger partial charge in [-0.25, -0.2) is 0 Å². The molecule has 1 saturated heterocycles. The van der Waals surface area contributed by atoms with Crippen molar-refractivity contribution in [1.82, 2.24) is 14.8 Å². The Bertz CT molecular complexity index is 951. The van der Waals surface area contributed by atoms with Crippen LogP contribution in [0.4, 0.5) is 11.4 Å². The number of nitrogens with zero attached hydrogens (tertiary/aromatic N) is 4. The molecule has 0 aliphatic carbocycles. The van der Waals surface area contributed by atoms with E-state index in [0.717, 1.165) is 32.7 Å². The van der Waals surface area contributed by atoms with Crippen LogP contribution in [0.1, 0.15) is 17.2 Å². The molecular weight excluding hydrogens is 497 g/mol. The first-order valence-corrected chi connectivity index (χ1v) is 10.6. The zero-order valence-electron chi connectivity index (χ0n) is 18.7. The summed E-state index contributed by atoms with van der Waals surface area (Å²) in [6.07, 6.45) is 2.86. The van der Waals surface area contributed by atoms with Crippen molar-refractivity contribution in [2.75, 3.05) is 44.6 Å². The number of piperazine rings is 1. The average molecular weight is 527 g/mol. The molecule has 34 heavy (non-hydrogen) atoms. The van der Waals surface area contributed by atoms with E-state index in [4.69, 9.17) is 0 Å². The van der Waals surface area contributed by atoms with Crippen LogP contribution >= 0.6 is 37.2 Å². The van der Waals surface area contributed by atoms with Gasteiger partial charge >= 0.3 is 5.69 Å². The van der Waals surface area contributed by atoms with Crippen LogP contribution < -0.4 is 5.32 Å². The minimum Gasteiger partial charge on any atom is -0.378 e. The Morgan fingerprint density at radius 1 is 0.882 bits per heavy atom. The Hall–Kier alpha value is -2.42. The van der Waals surface area contributed by atoms with Gasteiger partial charge < -0.3 is 5.32 Å². The Labute approximate surface area is 218 Å². The van der Waals surface area contributed by atoms with E-state index in [1.165, 1.54) is 17.3 Å². The molecule has 1 N–H and O–H groups in total. The summed E-state index contributed by atoms with van der Waals surface area (Å²) in [4.78, 5) is 19.5. The lowest BCUT2D eigenvalue weighted by Gasteiger charge is -2.39. The maximum absolute atomic E-state index is 11.1. The number of pyridine rings is 1. The minimum atomic E-state index is -0.401. The van der Waals surface area contributed by atoms with Crippen LogP contribution in [0.5, 0.6) is 0 Å². The van der Waals surface area contributed by atoms with E-state index in [2.05, 4.69) is 80.8 Å². The highest BCUT2D eigenvalue weighted by atomic mass is 35.5. The summed E-state index contributed by atoms with van der Waals surface area (Å²) in [7, 11) is 0. The van der Waals surface area contributed by atoms with Gasteiger partial charge in [-0.1, -0.05) is 60.7 Å². The predicted octanol–water partition coefficient (Wildman–Crippen LogP) is 5.07. The van der Waals surface area contributed by atoms with Crippen LogP contribution in [-0.2, 0) is 0 Å². The molecule has 10 heteroatoms. The summed E-state index contributed by atoms with van der Waals surface area (Å²) < 4.78 is 0. The number of benzene rings is 2. The second-order valence-corrected chi connectivity index (χ2v) is 7.68. The molecule has 0 spiro atoms. The average Bonchev–Trinajstić information content (AvgIpc) is 2.82. The van der Waals surface area contributed by atoms with Crippen LogP contribution in [0.15, 0.2) is 79.1 Å². The van der Waals surface area contributed by atoms with Crippen molar-refractivity contribution in [3.05, 3.63) is 100 Å². The molecule has 3 aromatic rings. The molecule has 184 valence electrons. The highest BCUT2D eigenvalue weighted by Gasteiger charge is 2.26. The standard InChI is InChI=1S/C24H27N5O2.3ClH/c30-29(31)23-19-25-12-11-22(23)26-13-14-27-15-17-28(18-16-27)24(20-7-3-1-4-8-20)21-9-5-2-6-10-21;;;/h1-12,19,24H,13-18H2,(H,25,26);3*1H. The van der Waals surface area contributed by atoms with Gasteiger partial charge in [-0.2, -0.15) is 0 Å². The third-order valence-electron chi connectivity index (χ3n) is 5.74. The van der Waals surface area contributed by atoms with Crippen molar-refractivity contribution in [2.24, 2.45) is 0 Å². The van der Waals surface area contributed by atoms with E-state index in [9.17, 15) is 10.1 Å². The second-order valence-electron chi connectivity index (χ2n) is 7.68. The fraction of sp³-hybridized carbons (Fsp3) is 0.292. The van der Waals surface area contributed by atoms with Gasteiger partial charge in [0, 0.05) is 45.5 Å². The zero-order chi connectivity index (χ0) is 21.5. The third-order valence-corrected chi connectivity index (χ3v) is 5.74. The van der Waals surface area contributed by atoms with E-state index in [1.54, 1.807) is 12.3 Å². The van der Waals surface area contributed by atoms with Crippen molar-refractivity contribution < 1.29 is 4.92 Å². The highest BCUT2D eigenvalue weighted by molar-refractivity contribution is 5.86. The smallest absolute Gasteiger partial charge is 0.310 e. The number of hydrogen-bond acceptors (Lipinski definition) is 6. The number of anilines is 1. The van der Waals surface area contributed by atoms with Crippen molar-refractivity contribution >= 4 is 48.6 Å². The molecule has 7 nitrogen and oxygen atoms in total. The largest absolute Gasteiger partial charge is 0.378 e. The van der Waals surface area contributed by atoms with Gasteiger partial charge in [0.25, 0.3) is 0 Å². The van der Waals surface area contributed by atoms with E-state index in [1.807, 2.05) is 0 Å². The van der Waals surface area contributed by atoms with Gasteiger partial charge in [0.1, 0.15) is 11.9 Å². The molecule has 1 aliphatic heterocycles. The molecule has 2 heterocycles. The van der Waals surface area contributed by atoms with Gasteiger partial charge in [0.2, 0.25) is 0 Å². The summed E-state index contributed by atoms with van der Waals surface area (Å²) in [5.41, 5.74) is 3.16. The topological polar surface area (TPSA) is 74.5 Å². The first-order chi connectivity index (χ1) is 15.2. The van der Waals surface area contributed by atoms with Gasteiger partial charge in [0.05, 0.1) is 11.0 Å². The highest BCUT2D eigenvalue weighted by Crippen LogP contribution is 2.29. The number of halogens is 3. The molecule has 0 atom stereocenters. The van der Waals surface area contributed by atoms with E-state index in [0.29, 0.717) is 12.2 Å². The lowest BCUT2D eigenvalue weighted by Crippen LogP contribution is -2.48. The number of hydrogen-bond donors (Lipinski definition) is 1. The number of rotatable bonds is 8. The predicted molar refractivity (Wildman–Crippen MR) is 144 cm³/mol. The molecule has 1 fully saturated rings. The van der Waals surface area contributed by atoms with E-state index >= 15 is 0 Å². The third kappa shape index (κ3) is 7.55. The zero-order valence-corrected chi connectivity index (χ0v) is 21.1. The first kappa shape index (κ1) is 29.6. The van der Waals surface area contributed by atoms with Crippen molar-refractivity contribution in [1.29, 1.82) is 0 Å². The lowest BCUT2D eigenvalue weighted by atomic mass is 9.96. The molecule has 1 aliphatic rings. The Morgan fingerprint density at radius 3 is 1.97 bits per heavy atom. The molecule has 0 saturated carbocycles. The van der Waals surface area contributed by atoms with Gasteiger partial charge in [-0.05, 0) is 17.2 Å². The van der Waals surface area contributed by atoms with E-state index < -0.39 is 4.92 Å². The van der Waals surface area contributed by atoms with Crippen LogP contribution in [0.25, 0.3) is 0 Å². The van der Waals surface area contributed by atoms with Crippen molar-refractivity contribution in [3.63, 3.8) is 0 Å². The van der Waals surface area contributed by atoms with Gasteiger partial charge in [-0.3, -0.25) is 24.9 Å². The van der Waals surface area contributed by atoms with E-state index in [-0.39, 0.29) is 49.0 Å². The number of aromatic nitrogens is 1. The summed E-state index contributed by atoms with van der Waals surface area (Å²) in [5.74, 6) is 0. The molecule has 0 radical (unpaired) electrons. The Kier molecular flexibility index (Phi) is 12.9. The summed E-state index contributed by atoms with van der Waals surface area (Å²) in [6.45, 7) is 5.39. The maximum atomic E-state index is 11.1. The van der Waals surface area contributed by atoms with Crippen molar-refractivity contribution in [2.45, 2.75) is 6.04 Å². The second kappa shape index (κ2) is 14.8. The molecular formula is C24H30Cl3N5O2. The summed E-state index contributed by atoms with van der Waals surface area (Å²) in [6, 6.07) is 23.2. The van der Waals surface area contributed by atoms with Gasteiger partial charge in [0.15, 0.2) is 0 Å². The summed E-state index contributed by atoms with van der Waals surface area (Å²) in [5, 5.41) is 14.3. The normalized spacial score (nSPS) is 13.8. The van der Waals surface area contributed by atoms with Crippen LogP contribution in [0.2, 0.25) is 0 Å².